The van der Waals surface area contributed by atoms with E-state index in [4.69, 9.17) is 21.2 Å². The Hall–Kier alpha value is -3.23. The minimum Gasteiger partial charge on any atom is -0.332 e. The third-order valence-corrected chi connectivity index (χ3v) is 6.68. The van der Waals surface area contributed by atoms with Gasteiger partial charge >= 0.3 is 0 Å². The molecule has 1 unspecified atom stereocenters. The number of aromatic nitrogens is 2. The highest BCUT2D eigenvalue weighted by Crippen LogP contribution is 2.30. The summed E-state index contributed by atoms with van der Waals surface area (Å²) in [7, 11) is 0. The molecule has 0 radical (unpaired) electrons. The van der Waals surface area contributed by atoms with Crippen LogP contribution < -0.4 is 5.01 Å². The fraction of sp³-hybridized carbons (Fsp3) is 0.333. The molecule has 1 aromatic heterocycles. The van der Waals surface area contributed by atoms with Crippen LogP contribution in [0.2, 0.25) is 5.02 Å². The zero-order valence-corrected chi connectivity index (χ0v) is 18.7. The van der Waals surface area contributed by atoms with Gasteiger partial charge in [0, 0.05) is 35.3 Å². The van der Waals surface area contributed by atoms with Gasteiger partial charge < -0.3 is 9.42 Å². The highest BCUT2D eigenvalue weighted by atomic mass is 35.5. The number of halogens is 1. The smallest absolute Gasteiger partial charge is 0.286 e. The topological polar surface area (TPSA) is 78.1 Å². The normalized spacial score (nSPS) is 21.5. The lowest BCUT2D eigenvalue weighted by Crippen LogP contribution is -2.57. The molecule has 9 heteroatoms. The number of hydrazone groups is 1. The summed E-state index contributed by atoms with van der Waals surface area (Å²) in [5.41, 5.74) is 2.59. The Morgan fingerprint density at radius 3 is 2.48 bits per heavy atom. The van der Waals surface area contributed by atoms with Gasteiger partial charge in [0.2, 0.25) is 5.91 Å². The molecule has 1 atom stereocenters. The maximum absolute atomic E-state index is 13.1. The highest BCUT2D eigenvalue weighted by molar-refractivity contribution is 6.30. The summed E-state index contributed by atoms with van der Waals surface area (Å²) in [5.74, 6) is 0.957. The third-order valence-electron chi connectivity index (χ3n) is 6.42. The molecule has 0 bridgehead atoms. The van der Waals surface area contributed by atoms with E-state index in [0.717, 1.165) is 23.4 Å². The molecule has 1 amide bonds. The number of nitrogens with zero attached hydrogens (tertiary/aromatic N) is 6. The molecule has 1 saturated carbocycles. The standard InChI is InChI=1S/C24H23ClN6O2/c25-18-8-6-16(7-9-18)22-20(30-13-12-29(15-21(30)32)19-10-11-19)14-31(27-22)24-26-23(33-28-24)17-4-2-1-3-5-17/h1-9,19-20H,10-15H2. The van der Waals surface area contributed by atoms with E-state index in [0.29, 0.717) is 42.5 Å². The predicted molar refractivity (Wildman–Crippen MR) is 125 cm³/mol. The van der Waals surface area contributed by atoms with Gasteiger partial charge in [-0.15, -0.1) is 0 Å². The lowest BCUT2D eigenvalue weighted by molar-refractivity contribution is -0.137. The number of anilines is 1. The van der Waals surface area contributed by atoms with E-state index < -0.39 is 0 Å². The summed E-state index contributed by atoms with van der Waals surface area (Å²) in [5, 5.41) is 11.4. The number of hydrogen-bond donors (Lipinski definition) is 0. The van der Waals surface area contributed by atoms with Gasteiger partial charge in [0.15, 0.2) is 0 Å². The van der Waals surface area contributed by atoms with Gasteiger partial charge in [-0.25, -0.2) is 5.01 Å². The monoisotopic (exact) mass is 462 g/mol. The van der Waals surface area contributed by atoms with E-state index in [1.807, 2.05) is 59.5 Å². The number of benzene rings is 2. The molecule has 2 fully saturated rings. The number of rotatable bonds is 5. The van der Waals surface area contributed by atoms with Crippen molar-refractivity contribution < 1.29 is 9.32 Å². The summed E-state index contributed by atoms with van der Waals surface area (Å²) in [6, 6.07) is 17.6. The molecule has 0 spiro atoms. The van der Waals surface area contributed by atoms with Crippen LogP contribution in [0.4, 0.5) is 5.95 Å². The number of hydrogen-bond acceptors (Lipinski definition) is 7. The van der Waals surface area contributed by atoms with E-state index in [2.05, 4.69) is 15.0 Å². The van der Waals surface area contributed by atoms with Crippen molar-refractivity contribution in [2.24, 2.45) is 5.10 Å². The molecule has 2 aromatic carbocycles. The van der Waals surface area contributed by atoms with Gasteiger partial charge in [0.25, 0.3) is 11.8 Å². The molecule has 1 saturated heterocycles. The maximum atomic E-state index is 13.1. The van der Waals surface area contributed by atoms with Crippen molar-refractivity contribution in [1.29, 1.82) is 0 Å². The van der Waals surface area contributed by atoms with E-state index in [1.165, 1.54) is 12.8 Å². The Balaban J connectivity index is 1.29. The maximum Gasteiger partial charge on any atom is 0.286 e. The first kappa shape index (κ1) is 20.4. The molecule has 8 nitrogen and oxygen atoms in total. The fourth-order valence-corrected chi connectivity index (χ4v) is 4.66. The lowest BCUT2D eigenvalue weighted by atomic mass is 10.0. The van der Waals surface area contributed by atoms with Crippen molar-refractivity contribution in [3.8, 4) is 11.5 Å². The first-order valence-corrected chi connectivity index (χ1v) is 11.6. The number of piperazine rings is 1. The van der Waals surface area contributed by atoms with Crippen molar-refractivity contribution in [3.63, 3.8) is 0 Å². The van der Waals surface area contributed by atoms with Crippen molar-refractivity contribution >= 4 is 29.2 Å². The van der Waals surface area contributed by atoms with Crippen molar-refractivity contribution in [3.05, 3.63) is 65.2 Å². The number of carbonyl (C=O) groups excluding carboxylic acids is 1. The van der Waals surface area contributed by atoms with Gasteiger partial charge in [-0.05, 0) is 42.3 Å². The molecule has 33 heavy (non-hydrogen) atoms. The van der Waals surface area contributed by atoms with E-state index in [-0.39, 0.29) is 11.9 Å². The summed E-state index contributed by atoms with van der Waals surface area (Å²) in [4.78, 5) is 21.9. The summed E-state index contributed by atoms with van der Waals surface area (Å²) >= 11 is 6.11. The molecular formula is C24H23ClN6O2. The first-order chi connectivity index (χ1) is 16.2. The molecule has 2 aliphatic heterocycles. The molecule has 1 aliphatic carbocycles. The van der Waals surface area contributed by atoms with Crippen molar-refractivity contribution in [1.82, 2.24) is 19.9 Å². The van der Waals surface area contributed by atoms with Crippen LogP contribution in [0.5, 0.6) is 0 Å². The second-order valence-electron chi connectivity index (χ2n) is 8.64. The Morgan fingerprint density at radius 1 is 0.970 bits per heavy atom. The predicted octanol–water partition coefficient (Wildman–Crippen LogP) is 3.29. The van der Waals surface area contributed by atoms with Crippen LogP contribution in [0.3, 0.4) is 0 Å². The minimum atomic E-state index is -0.196. The average molecular weight is 463 g/mol. The van der Waals surface area contributed by atoms with Crippen molar-refractivity contribution in [2.45, 2.75) is 24.9 Å². The second kappa shape index (κ2) is 8.28. The van der Waals surface area contributed by atoms with E-state index >= 15 is 0 Å². The SMILES string of the molecule is O=C1CN(C2CC2)CCN1C1CN(c2noc(-c3ccccc3)n2)N=C1c1ccc(Cl)cc1. The van der Waals surface area contributed by atoms with E-state index in [9.17, 15) is 4.79 Å². The molecule has 6 rings (SSSR count). The van der Waals surface area contributed by atoms with Crippen molar-refractivity contribution in [2.75, 3.05) is 31.2 Å². The average Bonchev–Trinajstić information content (AvgIpc) is 3.41. The summed E-state index contributed by atoms with van der Waals surface area (Å²) in [6.45, 7) is 2.51. The Kier molecular flexibility index (Phi) is 5.11. The van der Waals surface area contributed by atoms with Crippen LogP contribution in [-0.4, -0.2) is 69.8 Å². The number of carbonyl (C=O) groups is 1. The highest BCUT2D eigenvalue weighted by Gasteiger charge is 2.41. The Morgan fingerprint density at radius 2 is 1.76 bits per heavy atom. The van der Waals surface area contributed by atoms with Crippen LogP contribution in [0, 0.1) is 0 Å². The molecule has 0 N–H and O–H groups in total. The molecule has 3 heterocycles. The van der Waals surface area contributed by atoms with Crippen LogP contribution in [0.1, 0.15) is 18.4 Å². The van der Waals surface area contributed by atoms with Gasteiger partial charge in [0.1, 0.15) is 0 Å². The Bertz CT molecular complexity index is 1190. The van der Waals surface area contributed by atoms with Gasteiger partial charge in [0.05, 0.1) is 24.8 Å². The zero-order valence-electron chi connectivity index (χ0n) is 18.0. The Labute approximate surface area is 196 Å². The first-order valence-electron chi connectivity index (χ1n) is 11.2. The van der Waals surface area contributed by atoms with Gasteiger partial charge in [-0.2, -0.15) is 10.1 Å². The molecule has 3 aromatic rings. The molecule has 168 valence electrons. The summed E-state index contributed by atoms with van der Waals surface area (Å²) in [6.07, 6.45) is 2.40. The number of amides is 1. The van der Waals surface area contributed by atoms with E-state index in [1.54, 1.807) is 5.01 Å². The molecular weight excluding hydrogens is 440 g/mol. The van der Waals surface area contributed by atoms with Crippen LogP contribution in [-0.2, 0) is 4.79 Å². The summed E-state index contributed by atoms with van der Waals surface area (Å²) < 4.78 is 5.49. The zero-order chi connectivity index (χ0) is 22.4. The molecule has 3 aliphatic rings. The second-order valence-corrected chi connectivity index (χ2v) is 9.08. The largest absolute Gasteiger partial charge is 0.332 e. The minimum absolute atomic E-state index is 0.139. The lowest BCUT2D eigenvalue weighted by Gasteiger charge is -2.38. The van der Waals surface area contributed by atoms with Crippen LogP contribution in [0.25, 0.3) is 11.5 Å². The third kappa shape index (κ3) is 4.00. The van der Waals surface area contributed by atoms with Crippen LogP contribution >= 0.6 is 11.6 Å². The fourth-order valence-electron chi connectivity index (χ4n) is 4.54. The van der Waals surface area contributed by atoms with Crippen LogP contribution in [0.15, 0.2) is 64.2 Å². The van der Waals surface area contributed by atoms with Gasteiger partial charge in [-0.3, -0.25) is 9.69 Å². The van der Waals surface area contributed by atoms with Gasteiger partial charge in [-0.1, -0.05) is 41.9 Å². The quantitative estimate of drug-likeness (QED) is 0.579.